The molecule has 0 N–H and O–H groups in total. The number of fused-ring (bicyclic) bond motifs is 10. The summed E-state index contributed by atoms with van der Waals surface area (Å²) in [6.45, 7) is 18.7. The molecular formula is C58H52N2O2Si2. The Hall–Kier alpha value is -6.87. The summed E-state index contributed by atoms with van der Waals surface area (Å²) < 4.78 is 13.6. The van der Waals surface area contributed by atoms with Crippen molar-refractivity contribution >= 4 is 126 Å². The van der Waals surface area contributed by atoms with Crippen molar-refractivity contribution < 1.29 is 8.83 Å². The molecule has 0 aliphatic heterocycles. The molecule has 0 unspecified atom stereocenters. The van der Waals surface area contributed by atoms with Gasteiger partial charge in [0.25, 0.3) is 0 Å². The lowest BCUT2D eigenvalue weighted by molar-refractivity contribution is 0.667. The molecule has 0 fully saturated rings. The third-order valence-electron chi connectivity index (χ3n) is 13.1. The SMILES string of the molecule is Cc1ccc(N(c2ccc(C)cc2)c2ccc3c(ccc4c5cc6oc7c8ccc(N(c9ccc([Si](C)(C)C)cc9)c9ccc([Si](C)(C)C)cc9)cc8ccc7c6cc5oc34)c2)cc1. The fourth-order valence-corrected chi connectivity index (χ4v) is 11.7. The van der Waals surface area contributed by atoms with Crippen LogP contribution < -0.4 is 20.2 Å². The molecule has 64 heavy (non-hydrogen) atoms. The molecule has 11 aromatic rings. The molecule has 0 radical (unpaired) electrons. The average molecular weight is 865 g/mol. The van der Waals surface area contributed by atoms with Crippen LogP contribution in [0.4, 0.5) is 34.1 Å². The smallest absolute Gasteiger partial charge is 0.143 e. The van der Waals surface area contributed by atoms with Gasteiger partial charge in [0.1, 0.15) is 22.3 Å². The lowest BCUT2D eigenvalue weighted by Crippen LogP contribution is -2.37. The first-order valence-electron chi connectivity index (χ1n) is 22.4. The molecule has 314 valence electrons. The minimum Gasteiger partial charge on any atom is -0.455 e. The largest absolute Gasteiger partial charge is 0.455 e. The number of hydrogen-bond acceptors (Lipinski definition) is 4. The zero-order chi connectivity index (χ0) is 44.1. The molecule has 0 aliphatic rings. The molecule has 2 aromatic heterocycles. The molecule has 0 amide bonds. The number of benzene rings is 9. The van der Waals surface area contributed by atoms with Gasteiger partial charge in [0, 0.05) is 66.4 Å². The summed E-state index contributed by atoms with van der Waals surface area (Å²) in [5.41, 5.74) is 12.7. The Morgan fingerprint density at radius 2 is 0.625 bits per heavy atom. The monoisotopic (exact) mass is 864 g/mol. The average Bonchev–Trinajstić information content (AvgIpc) is 3.84. The Kier molecular flexibility index (Phi) is 9.28. The van der Waals surface area contributed by atoms with E-state index in [1.165, 1.54) is 21.5 Å². The molecule has 2 heterocycles. The van der Waals surface area contributed by atoms with Crippen molar-refractivity contribution in [3.05, 3.63) is 181 Å². The van der Waals surface area contributed by atoms with Crippen molar-refractivity contribution in [1.82, 2.24) is 0 Å². The van der Waals surface area contributed by atoms with Crippen LogP contribution in [0.2, 0.25) is 39.3 Å². The Bertz CT molecular complexity index is 3470. The Labute approximate surface area is 377 Å². The van der Waals surface area contributed by atoms with Gasteiger partial charge in [0.05, 0.1) is 16.1 Å². The van der Waals surface area contributed by atoms with Gasteiger partial charge in [0.2, 0.25) is 0 Å². The van der Waals surface area contributed by atoms with Crippen molar-refractivity contribution in [1.29, 1.82) is 0 Å². The zero-order valence-electron chi connectivity index (χ0n) is 37.9. The van der Waals surface area contributed by atoms with E-state index in [1.54, 1.807) is 0 Å². The summed E-state index contributed by atoms with van der Waals surface area (Å²) >= 11 is 0. The van der Waals surface area contributed by atoms with Gasteiger partial charge in [-0.1, -0.05) is 121 Å². The number of aryl methyl sites for hydroxylation is 2. The van der Waals surface area contributed by atoms with Gasteiger partial charge in [-0.05, 0) is 134 Å². The maximum atomic E-state index is 6.83. The maximum absolute atomic E-state index is 6.83. The summed E-state index contributed by atoms with van der Waals surface area (Å²) in [4.78, 5) is 4.71. The van der Waals surface area contributed by atoms with E-state index in [0.717, 1.165) is 99.5 Å². The Morgan fingerprint density at radius 1 is 0.312 bits per heavy atom. The first-order chi connectivity index (χ1) is 30.8. The molecule has 0 bridgehead atoms. The van der Waals surface area contributed by atoms with Crippen LogP contribution in [-0.4, -0.2) is 16.1 Å². The van der Waals surface area contributed by atoms with Gasteiger partial charge in [-0.25, -0.2) is 0 Å². The lowest BCUT2D eigenvalue weighted by Gasteiger charge is -2.28. The fourth-order valence-electron chi connectivity index (χ4n) is 9.37. The van der Waals surface area contributed by atoms with E-state index in [0.29, 0.717) is 0 Å². The van der Waals surface area contributed by atoms with Crippen LogP contribution in [0.15, 0.2) is 179 Å². The van der Waals surface area contributed by atoms with E-state index in [2.05, 4.69) is 233 Å². The highest BCUT2D eigenvalue weighted by atomic mass is 28.3. The quantitative estimate of drug-likeness (QED) is 0.143. The predicted octanol–water partition coefficient (Wildman–Crippen LogP) is 16.4. The second kappa shape index (κ2) is 14.9. The highest BCUT2D eigenvalue weighted by Crippen LogP contribution is 2.44. The maximum Gasteiger partial charge on any atom is 0.143 e. The first kappa shape index (κ1) is 39.9. The van der Waals surface area contributed by atoms with Crippen molar-refractivity contribution in [2.75, 3.05) is 9.80 Å². The van der Waals surface area contributed by atoms with E-state index in [-0.39, 0.29) is 0 Å². The molecule has 6 heteroatoms. The number of rotatable bonds is 8. The van der Waals surface area contributed by atoms with Gasteiger partial charge in [-0.2, -0.15) is 0 Å². The second-order valence-corrected chi connectivity index (χ2v) is 29.8. The number of furan rings is 2. The highest BCUT2D eigenvalue weighted by Gasteiger charge is 2.22. The van der Waals surface area contributed by atoms with E-state index in [9.17, 15) is 0 Å². The second-order valence-electron chi connectivity index (χ2n) is 19.7. The van der Waals surface area contributed by atoms with E-state index < -0.39 is 16.1 Å². The molecule has 9 aromatic carbocycles. The van der Waals surface area contributed by atoms with Gasteiger partial charge in [-0.15, -0.1) is 0 Å². The van der Waals surface area contributed by atoms with Crippen LogP contribution >= 0.6 is 0 Å². The van der Waals surface area contributed by atoms with Crippen LogP contribution in [0.5, 0.6) is 0 Å². The third-order valence-corrected chi connectivity index (χ3v) is 17.2. The van der Waals surface area contributed by atoms with Crippen molar-refractivity contribution in [2.24, 2.45) is 0 Å². The minimum atomic E-state index is -1.45. The topological polar surface area (TPSA) is 32.8 Å². The molecule has 0 saturated carbocycles. The van der Waals surface area contributed by atoms with E-state index in [4.69, 9.17) is 8.83 Å². The standard InChI is InChI=1S/C58H52N2O2Si2/c1-37-9-15-41(16-10-37)59(42-17-11-38(2)12-18-42)45-23-31-49-39(33-45)13-29-51-53-35-56-54(36-55(53)61-57(49)51)52-30-14-40-34-46(24-32-50(40)58(52)62-56)60(43-19-25-47(26-20-43)63(3,4)5)44-21-27-48(28-22-44)64(6,7)8/h9-36H,1-8H3. The molecule has 0 spiro atoms. The van der Waals surface area contributed by atoms with Crippen molar-refractivity contribution in [2.45, 2.75) is 53.1 Å². The Morgan fingerprint density at radius 3 is 0.969 bits per heavy atom. The molecule has 0 atom stereocenters. The molecule has 4 nitrogen and oxygen atoms in total. The van der Waals surface area contributed by atoms with Crippen LogP contribution in [0, 0.1) is 13.8 Å². The highest BCUT2D eigenvalue weighted by molar-refractivity contribution is 6.89. The normalized spacial score (nSPS) is 12.4. The van der Waals surface area contributed by atoms with Gasteiger partial charge < -0.3 is 18.6 Å². The third kappa shape index (κ3) is 6.89. The van der Waals surface area contributed by atoms with Crippen LogP contribution in [0.3, 0.4) is 0 Å². The summed E-state index contributed by atoms with van der Waals surface area (Å²) in [5, 5.41) is 11.6. The molecule has 0 aliphatic carbocycles. The number of hydrogen-bond donors (Lipinski definition) is 0. The first-order valence-corrected chi connectivity index (χ1v) is 29.4. The van der Waals surface area contributed by atoms with E-state index >= 15 is 0 Å². The molecule has 11 rings (SSSR count). The molecular weight excluding hydrogens is 813 g/mol. The van der Waals surface area contributed by atoms with Crippen LogP contribution in [0.25, 0.3) is 65.4 Å². The van der Waals surface area contributed by atoms with Gasteiger partial charge in [-0.3, -0.25) is 0 Å². The summed E-state index contributed by atoms with van der Waals surface area (Å²) in [6, 6.07) is 62.6. The Balaban J connectivity index is 0.985. The lowest BCUT2D eigenvalue weighted by atomic mass is 10.0. The number of anilines is 6. The van der Waals surface area contributed by atoms with Gasteiger partial charge >= 0.3 is 0 Å². The zero-order valence-corrected chi connectivity index (χ0v) is 39.9. The van der Waals surface area contributed by atoms with Crippen molar-refractivity contribution in [3.63, 3.8) is 0 Å². The summed E-state index contributed by atoms with van der Waals surface area (Å²) in [7, 11) is -2.90. The van der Waals surface area contributed by atoms with Gasteiger partial charge in [0.15, 0.2) is 0 Å². The fraction of sp³-hybridized carbons (Fsp3) is 0.138. The van der Waals surface area contributed by atoms with Crippen molar-refractivity contribution in [3.8, 4) is 0 Å². The minimum absolute atomic E-state index is 0.856. The van der Waals surface area contributed by atoms with Crippen LogP contribution in [-0.2, 0) is 0 Å². The number of nitrogens with zero attached hydrogens (tertiary/aromatic N) is 2. The van der Waals surface area contributed by atoms with E-state index in [1.807, 2.05) is 0 Å². The molecule has 0 saturated heterocycles. The predicted molar refractivity (Wildman–Crippen MR) is 281 cm³/mol. The summed E-state index contributed by atoms with van der Waals surface area (Å²) in [6.07, 6.45) is 0. The summed E-state index contributed by atoms with van der Waals surface area (Å²) in [5.74, 6) is 0. The van der Waals surface area contributed by atoms with Crippen LogP contribution in [0.1, 0.15) is 11.1 Å².